The van der Waals surface area contributed by atoms with Crippen LogP contribution in [-0.4, -0.2) is 16.8 Å². The highest BCUT2D eigenvalue weighted by Crippen LogP contribution is 2.17. The van der Waals surface area contributed by atoms with Crippen molar-refractivity contribution in [1.82, 2.24) is 4.98 Å². The van der Waals surface area contributed by atoms with Crippen LogP contribution in [0, 0.1) is 6.92 Å². The quantitative estimate of drug-likeness (QED) is 0.908. The maximum absolute atomic E-state index is 11.9. The number of rotatable bonds is 4. The van der Waals surface area contributed by atoms with Gasteiger partial charge >= 0.3 is 0 Å². The molecule has 0 fully saturated rings. The third kappa shape index (κ3) is 3.89. The minimum absolute atomic E-state index is 0.126. The van der Waals surface area contributed by atoms with Crippen LogP contribution < -0.4 is 10.6 Å². The largest absolute Gasteiger partial charge is 0.326 e. The molecule has 104 valence electrons. The molecule has 6 heteroatoms. The summed E-state index contributed by atoms with van der Waals surface area (Å²) in [6.07, 6.45) is 0.185. The summed E-state index contributed by atoms with van der Waals surface area (Å²) < 4.78 is 0. The first-order valence-corrected chi connectivity index (χ1v) is 7.00. The lowest BCUT2D eigenvalue weighted by atomic mass is 10.2. The molecule has 0 aliphatic carbocycles. The monoisotopic (exact) mass is 289 g/mol. The number of carbonyl (C=O) groups excluding carboxylic acids is 2. The Kier molecular flexibility index (Phi) is 4.47. The molecule has 2 amide bonds. The summed E-state index contributed by atoms with van der Waals surface area (Å²) in [6, 6.07) is 7.59. The van der Waals surface area contributed by atoms with E-state index in [4.69, 9.17) is 0 Å². The zero-order valence-corrected chi connectivity index (χ0v) is 12.1. The van der Waals surface area contributed by atoms with E-state index in [0.717, 1.165) is 11.3 Å². The van der Waals surface area contributed by atoms with Gasteiger partial charge in [0, 0.05) is 18.0 Å². The van der Waals surface area contributed by atoms with E-state index in [2.05, 4.69) is 15.6 Å². The fourth-order valence-electron chi connectivity index (χ4n) is 1.67. The number of anilines is 2. The Bertz CT molecular complexity index is 637. The number of aryl methyl sites for hydroxylation is 1. The molecule has 0 atom stereocenters. The second-order valence-electron chi connectivity index (χ2n) is 4.37. The van der Waals surface area contributed by atoms with E-state index in [1.54, 1.807) is 5.38 Å². The van der Waals surface area contributed by atoms with Gasteiger partial charge < -0.3 is 10.6 Å². The van der Waals surface area contributed by atoms with E-state index in [0.29, 0.717) is 10.8 Å². The van der Waals surface area contributed by atoms with Crippen LogP contribution in [0.25, 0.3) is 0 Å². The van der Waals surface area contributed by atoms with Crippen LogP contribution >= 0.6 is 11.3 Å². The minimum atomic E-state index is -0.171. The maximum Gasteiger partial charge on any atom is 0.230 e. The van der Waals surface area contributed by atoms with Gasteiger partial charge in [0.1, 0.15) is 0 Å². The lowest BCUT2D eigenvalue weighted by molar-refractivity contribution is -0.116. The number of benzene rings is 1. The van der Waals surface area contributed by atoms with Crippen molar-refractivity contribution in [2.75, 3.05) is 10.6 Å². The molecule has 0 aliphatic rings. The molecule has 0 aliphatic heterocycles. The van der Waals surface area contributed by atoms with E-state index in [1.807, 2.05) is 31.2 Å². The Morgan fingerprint density at radius 1 is 1.25 bits per heavy atom. The molecule has 0 unspecified atom stereocenters. The molecule has 1 aromatic heterocycles. The molecule has 0 saturated carbocycles. The highest BCUT2D eigenvalue weighted by molar-refractivity contribution is 7.13. The Labute approximate surface area is 121 Å². The molecule has 1 aromatic carbocycles. The van der Waals surface area contributed by atoms with Gasteiger partial charge in [0.05, 0.1) is 12.1 Å². The van der Waals surface area contributed by atoms with Crippen LogP contribution in [0.4, 0.5) is 10.8 Å². The standard InChI is InChI=1S/C14H15N3O2S/c1-9-5-3-4-6-12(9)17-13(19)7-11-8-20-14(16-11)15-10(2)18/h3-6,8H,7H2,1-2H3,(H,17,19)(H,15,16,18). The van der Waals surface area contributed by atoms with Gasteiger partial charge in [-0.25, -0.2) is 4.98 Å². The van der Waals surface area contributed by atoms with Gasteiger partial charge in [-0.2, -0.15) is 0 Å². The molecule has 1 heterocycles. The minimum Gasteiger partial charge on any atom is -0.326 e. The van der Waals surface area contributed by atoms with Crippen molar-refractivity contribution in [2.24, 2.45) is 0 Å². The van der Waals surface area contributed by atoms with E-state index in [9.17, 15) is 9.59 Å². The van der Waals surface area contributed by atoms with Crippen molar-refractivity contribution in [1.29, 1.82) is 0 Å². The highest BCUT2D eigenvalue weighted by atomic mass is 32.1. The second kappa shape index (κ2) is 6.29. The first-order valence-electron chi connectivity index (χ1n) is 6.12. The molecule has 5 nitrogen and oxygen atoms in total. The fraction of sp³-hybridized carbons (Fsp3) is 0.214. The lowest BCUT2D eigenvalue weighted by Gasteiger charge is -2.06. The van der Waals surface area contributed by atoms with Crippen LogP contribution in [0.3, 0.4) is 0 Å². The first kappa shape index (κ1) is 14.2. The molecule has 2 aromatic rings. The number of thiazole rings is 1. The van der Waals surface area contributed by atoms with Crippen LogP contribution in [0.5, 0.6) is 0 Å². The molecule has 0 bridgehead atoms. The molecule has 20 heavy (non-hydrogen) atoms. The van der Waals surface area contributed by atoms with Crippen molar-refractivity contribution in [3.63, 3.8) is 0 Å². The van der Waals surface area contributed by atoms with E-state index in [1.165, 1.54) is 18.3 Å². The summed E-state index contributed by atoms with van der Waals surface area (Å²) in [6.45, 7) is 3.36. The van der Waals surface area contributed by atoms with Crippen molar-refractivity contribution < 1.29 is 9.59 Å². The average Bonchev–Trinajstić information content (AvgIpc) is 2.78. The molecular weight excluding hydrogens is 274 g/mol. The van der Waals surface area contributed by atoms with Gasteiger partial charge in [-0.1, -0.05) is 18.2 Å². The average molecular weight is 289 g/mol. The lowest BCUT2D eigenvalue weighted by Crippen LogP contribution is -2.15. The maximum atomic E-state index is 11.9. The number of amides is 2. The zero-order chi connectivity index (χ0) is 14.5. The Morgan fingerprint density at radius 3 is 2.70 bits per heavy atom. The Morgan fingerprint density at radius 2 is 2.00 bits per heavy atom. The smallest absolute Gasteiger partial charge is 0.230 e. The molecule has 2 rings (SSSR count). The number of aromatic nitrogens is 1. The third-order valence-corrected chi connectivity index (χ3v) is 3.40. The van der Waals surface area contributed by atoms with Gasteiger partial charge in [-0.15, -0.1) is 11.3 Å². The molecule has 2 N–H and O–H groups in total. The molecule has 0 spiro atoms. The summed E-state index contributed by atoms with van der Waals surface area (Å²) in [5.74, 6) is -0.297. The van der Waals surface area contributed by atoms with Crippen LogP contribution in [0.1, 0.15) is 18.2 Å². The van der Waals surface area contributed by atoms with Crippen molar-refractivity contribution in [3.05, 3.63) is 40.9 Å². The Balaban J connectivity index is 1.96. The SMILES string of the molecule is CC(=O)Nc1nc(CC(=O)Nc2ccccc2C)cs1. The highest BCUT2D eigenvalue weighted by Gasteiger charge is 2.09. The molecular formula is C14H15N3O2S. The van der Waals surface area contributed by atoms with Crippen molar-refractivity contribution in [2.45, 2.75) is 20.3 Å². The molecule has 0 radical (unpaired) electrons. The number of hydrogen-bond donors (Lipinski definition) is 2. The number of carbonyl (C=O) groups is 2. The van der Waals surface area contributed by atoms with Crippen molar-refractivity contribution >= 4 is 34.0 Å². The van der Waals surface area contributed by atoms with Gasteiger partial charge in [0.15, 0.2) is 5.13 Å². The number of hydrogen-bond acceptors (Lipinski definition) is 4. The third-order valence-electron chi connectivity index (χ3n) is 2.60. The van der Waals surface area contributed by atoms with Crippen LogP contribution in [-0.2, 0) is 16.0 Å². The van der Waals surface area contributed by atoms with E-state index in [-0.39, 0.29) is 18.2 Å². The number of nitrogens with zero attached hydrogens (tertiary/aromatic N) is 1. The predicted molar refractivity (Wildman–Crippen MR) is 79.9 cm³/mol. The second-order valence-corrected chi connectivity index (χ2v) is 5.22. The number of para-hydroxylation sites is 1. The summed E-state index contributed by atoms with van der Waals surface area (Å²) in [5, 5.41) is 7.72. The van der Waals surface area contributed by atoms with Gasteiger partial charge in [-0.3, -0.25) is 9.59 Å². The van der Waals surface area contributed by atoms with E-state index >= 15 is 0 Å². The fourth-order valence-corrected chi connectivity index (χ4v) is 2.42. The Hall–Kier alpha value is -2.21. The zero-order valence-electron chi connectivity index (χ0n) is 11.3. The predicted octanol–water partition coefficient (Wildman–Crippen LogP) is 2.59. The van der Waals surface area contributed by atoms with Gasteiger partial charge in [0.25, 0.3) is 0 Å². The summed E-state index contributed by atoms with van der Waals surface area (Å²) in [4.78, 5) is 27.0. The summed E-state index contributed by atoms with van der Waals surface area (Å²) in [5.41, 5.74) is 2.46. The van der Waals surface area contributed by atoms with E-state index < -0.39 is 0 Å². The van der Waals surface area contributed by atoms with Crippen molar-refractivity contribution in [3.8, 4) is 0 Å². The molecule has 0 saturated heterocycles. The summed E-state index contributed by atoms with van der Waals surface area (Å²) >= 11 is 1.31. The topological polar surface area (TPSA) is 71.1 Å². The van der Waals surface area contributed by atoms with Crippen LogP contribution in [0.2, 0.25) is 0 Å². The summed E-state index contributed by atoms with van der Waals surface area (Å²) in [7, 11) is 0. The van der Waals surface area contributed by atoms with Crippen LogP contribution in [0.15, 0.2) is 29.6 Å². The first-order chi connectivity index (χ1) is 9.54. The normalized spacial score (nSPS) is 10.1. The van der Waals surface area contributed by atoms with Gasteiger partial charge in [-0.05, 0) is 18.6 Å². The van der Waals surface area contributed by atoms with Gasteiger partial charge in [0.2, 0.25) is 11.8 Å². The number of nitrogens with one attached hydrogen (secondary N) is 2.